The Morgan fingerprint density at radius 1 is 1.43 bits per heavy atom. The second kappa shape index (κ2) is 6.18. The molecule has 0 heterocycles. The Bertz CT molecular complexity index is 162. The third-order valence-electron chi connectivity index (χ3n) is 3.69. The highest BCUT2D eigenvalue weighted by molar-refractivity contribution is 5.49. The van der Waals surface area contributed by atoms with Gasteiger partial charge in [0.1, 0.15) is 6.29 Å². The van der Waals surface area contributed by atoms with Crippen molar-refractivity contribution in [1.82, 2.24) is 0 Å². The fraction of sp³-hybridized carbons (Fsp3) is 0.917. The van der Waals surface area contributed by atoms with Crippen LogP contribution in [-0.4, -0.2) is 18.0 Å². The summed E-state index contributed by atoms with van der Waals surface area (Å²) < 4.78 is 0. The van der Waals surface area contributed by atoms with Crippen molar-refractivity contribution in [2.24, 2.45) is 17.8 Å². The second-order valence-corrected chi connectivity index (χ2v) is 4.61. The molecular weight excluding hydrogens is 176 g/mol. The van der Waals surface area contributed by atoms with Gasteiger partial charge in [-0.3, -0.25) is 0 Å². The molecule has 82 valence electrons. The molecule has 0 radical (unpaired) electrons. The molecule has 0 aromatic carbocycles. The van der Waals surface area contributed by atoms with Crippen molar-refractivity contribution in [3.8, 4) is 0 Å². The molecule has 1 N–H and O–H groups in total. The molecule has 0 amide bonds. The monoisotopic (exact) mass is 198 g/mol. The summed E-state index contributed by atoms with van der Waals surface area (Å²) in [4.78, 5) is 10.3. The first-order valence-electron chi connectivity index (χ1n) is 5.84. The van der Waals surface area contributed by atoms with Gasteiger partial charge in [-0.1, -0.05) is 32.6 Å². The van der Waals surface area contributed by atoms with Gasteiger partial charge in [0.05, 0.1) is 0 Å². The van der Waals surface area contributed by atoms with Crippen LogP contribution in [0.2, 0.25) is 0 Å². The van der Waals surface area contributed by atoms with Gasteiger partial charge >= 0.3 is 0 Å². The number of carbonyl (C=O) groups excluding carboxylic acids is 1. The average Bonchev–Trinajstić information content (AvgIpc) is 2.69. The lowest BCUT2D eigenvalue weighted by molar-refractivity contribution is -0.108. The van der Waals surface area contributed by atoms with E-state index in [4.69, 9.17) is 0 Å². The lowest BCUT2D eigenvalue weighted by atomic mass is 9.80. The molecule has 0 spiro atoms. The first kappa shape index (κ1) is 11.7. The lowest BCUT2D eigenvalue weighted by Crippen LogP contribution is -2.23. The average molecular weight is 198 g/mol. The smallest absolute Gasteiger partial charge is 0.120 e. The van der Waals surface area contributed by atoms with Crippen molar-refractivity contribution in [2.75, 3.05) is 6.61 Å². The van der Waals surface area contributed by atoms with E-state index in [1.54, 1.807) is 0 Å². The predicted octanol–water partition coefficient (Wildman–Crippen LogP) is 2.40. The largest absolute Gasteiger partial charge is 0.396 e. The molecule has 0 aromatic heterocycles. The molecule has 2 heteroatoms. The van der Waals surface area contributed by atoms with Gasteiger partial charge < -0.3 is 9.90 Å². The number of aldehydes is 1. The highest BCUT2D eigenvalue weighted by Crippen LogP contribution is 2.36. The molecule has 1 aliphatic rings. The third kappa shape index (κ3) is 3.09. The van der Waals surface area contributed by atoms with Crippen LogP contribution in [0.4, 0.5) is 0 Å². The summed E-state index contributed by atoms with van der Waals surface area (Å²) in [5.74, 6) is 1.63. The SMILES string of the molecule is CC(CCC=O)C(CO)C1CCCC1. The molecule has 1 saturated carbocycles. The van der Waals surface area contributed by atoms with E-state index >= 15 is 0 Å². The molecule has 2 unspecified atom stereocenters. The quantitative estimate of drug-likeness (QED) is 0.665. The highest BCUT2D eigenvalue weighted by Gasteiger charge is 2.28. The fourth-order valence-electron chi connectivity index (χ4n) is 2.72. The Morgan fingerprint density at radius 2 is 2.07 bits per heavy atom. The van der Waals surface area contributed by atoms with Gasteiger partial charge in [0.25, 0.3) is 0 Å². The summed E-state index contributed by atoms with van der Waals surface area (Å²) in [7, 11) is 0. The van der Waals surface area contributed by atoms with Crippen LogP contribution >= 0.6 is 0 Å². The lowest BCUT2D eigenvalue weighted by Gasteiger charge is -2.27. The number of aliphatic hydroxyl groups excluding tert-OH is 1. The van der Waals surface area contributed by atoms with Crippen LogP contribution in [0, 0.1) is 17.8 Å². The van der Waals surface area contributed by atoms with E-state index in [1.165, 1.54) is 25.7 Å². The van der Waals surface area contributed by atoms with Gasteiger partial charge in [-0.05, 0) is 24.2 Å². The van der Waals surface area contributed by atoms with Crippen molar-refractivity contribution < 1.29 is 9.90 Å². The number of carbonyl (C=O) groups is 1. The van der Waals surface area contributed by atoms with E-state index in [-0.39, 0.29) is 0 Å². The second-order valence-electron chi connectivity index (χ2n) is 4.61. The highest BCUT2D eigenvalue weighted by atomic mass is 16.3. The Morgan fingerprint density at radius 3 is 2.57 bits per heavy atom. The third-order valence-corrected chi connectivity index (χ3v) is 3.69. The molecule has 0 aromatic rings. The Labute approximate surface area is 86.7 Å². The number of hydrogen-bond donors (Lipinski definition) is 1. The molecular formula is C12H22O2. The van der Waals surface area contributed by atoms with Crippen LogP contribution in [0.3, 0.4) is 0 Å². The van der Waals surface area contributed by atoms with E-state index in [2.05, 4.69) is 6.92 Å². The Balaban J connectivity index is 2.38. The number of aliphatic hydroxyl groups is 1. The van der Waals surface area contributed by atoms with Crippen molar-refractivity contribution in [1.29, 1.82) is 0 Å². The van der Waals surface area contributed by atoms with Crippen molar-refractivity contribution in [3.63, 3.8) is 0 Å². The van der Waals surface area contributed by atoms with Gasteiger partial charge in [-0.25, -0.2) is 0 Å². The van der Waals surface area contributed by atoms with E-state index < -0.39 is 0 Å². The molecule has 14 heavy (non-hydrogen) atoms. The summed E-state index contributed by atoms with van der Waals surface area (Å²) in [6, 6.07) is 0. The standard InChI is InChI=1S/C12H22O2/c1-10(5-4-8-13)12(9-14)11-6-2-3-7-11/h8,10-12,14H,2-7,9H2,1H3. The van der Waals surface area contributed by atoms with Crippen molar-refractivity contribution >= 4 is 6.29 Å². The number of hydrogen-bond acceptors (Lipinski definition) is 2. The maximum Gasteiger partial charge on any atom is 0.120 e. The molecule has 1 rings (SSSR count). The fourth-order valence-corrected chi connectivity index (χ4v) is 2.72. The van der Waals surface area contributed by atoms with Gasteiger partial charge in [-0.2, -0.15) is 0 Å². The van der Waals surface area contributed by atoms with Crippen molar-refractivity contribution in [2.45, 2.75) is 45.4 Å². The maximum absolute atomic E-state index is 10.3. The molecule has 0 aliphatic heterocycles. The summed E-state index contributed by atoms with van der Waals surface area (Å²) in [6.45, 7) is 2.47. The zero-order valence-corrected chi connectivity index (χ0v) is 9.11. The van der Waals surface area contributed by atoms with Gasteiger partial charge in [0.2, 0.25) is 0 Å². The van der Waals surface area contributed by atoms with Gasteiger partial charge in [0.15, 0.2) is 0 Å². The minimum atomic E-state index is 0.296. The predicted molar refractivity (Wildman–Crippen MR) is 57.0 cm³/mol. The van der Waals surface area contributed by atoms with Gasteiger partial charge in [0, 0.05) is 13.0 Å². The first-order chi connectivity index (χ1) is 6.79. The van der Waals surface area contributed by atoms with Crippen LogP contribution in [0.25, 0.3) is 0 Å². The molecule has 0 saturated heterocycles. The zero-order valence-electron chi connectivity index (χ0n) is 9.11. The molecule has 0 bridgehead atoms. The normalized spacial score (nSPS) is 22.1. The first-order valence-corrected chi connectivity index (χ1v) is 5.84. The summed E-state index contributed by atoms with van der Waals surface area (Å²) in [5.41, 5.74) is 0. The van der Waals surface area contributed by atoms with Crippen LogP contribution in [-0.2, 0) is 4.79 Å². The van der Waals surface area contributed by atoms with Gasteiger partial charge in [-0.15, -0.1) is 0 Å². The van der Waals surface area contributed by atoms with E-state index in [0.717, 1.165) is 12.7 Å². The molecule has 1 fully saturated rings. The summed E-state index contributed by atoms with van der Waals surface area (Å²) in [6.07, 6.45) is 7.76. The van der Waals surface area contributed by atoms with Crippen LogP contribution in [0.15, 0.2) is 0 Å². The van der Waals surface area contributed by atoms with E-state index in [9.17, 15) is 9.90 Å². The Hall–Kier alpha value is -0.370. The summed E-state index contributed by atoms with van der Waals surface area (Å²) in [5, 5.41) is 9.37. The van der Waals surface area contributed by atoms with Crippen LogP contribution < -0.4 is 0 Å². The van der Waals surface area contributed by atoms with Crippen molar-refractivity contribution in [3.05, 3.63) is 0 Å². The zero-order chi connectivity index (χ0) is 10.4. The minimum absolute atomic E-state index is 0.296. The minimum Gasteiger partial charge on any atom is -0.396 e. The van der Waals surface area contributed by atoms with E-state index in [1.807, 2.05) is 0 Å². The molecule has 1 aliphatic carbocycles. The summed E-state index contributed by atoms with van der Waals surface area (Å²) >= 11 is 0. The van der Waals surface area contributed by atoms with E-state index in [0.29, 0.717) is 30.8 Å². The molecule has 2 nitrogen and oxygen atoms in total. The number of rotatable bonds is 6. The topological polar surface area (TPSA) is 37.3 Å². The Kier molecular flexibility index (Phi) is 5.16. The molecule has 2 atom stereocenters. The van der Waals surface area contributed by atoms with Crippen LogP contribution in [0.5, 0.6) is 0 Å². The van der Waals surface area contributed by atoms with Crippen LogP contribution in [0.1, 0.15) is 45.4 Å². The maximum atomic E-state index is 10.3.